The van der Waals surface area contributed by atoms with Gasteiger partial charge in [0.2, 0.25) is 10.0 Å². The predicted molar refractivity (Wildman–Crippen MR) is 126 cm³/mol. The molecule has 176 valence electrons. The summed E-state index contributed by atoms with van der Waals surface area (Å²) in [7, 11) is -6.63. The fourth-order valence-corrected chi connectivity index (χ4v) is 7.64. The molecule has 0 radical (unpaired) electrons. The molecule has 2 amide bonds. The number of benzene rings is 2. The molecule has 3 aliphatic rings. The van der Waals surface area contributed by atoms with Crippen molar-refractivity contribution in [2.75, 3.05) is 38.2 Å². The van der Waals surface area contributed by atoms with Crippen molar-refractivity contribution in [3.05, 3.63) is 53.1 Å². The molecule has 3 aliphatic heterocycles. The third-order valence-corrected chi connectivity index (χ3v) is 9.52. The summed E-state index contributed by atoms with van der Waals surface area (Å²) in [5.74, 6) is 0.334. The summed E-state index contributed by atoms with van der Waals surface area (Å²) in [5.41, 5.74) is 2.00. The van der Waals surface area contributed by atoms with Crippen molar-refractivity contribution in [3.63, 3.8) is 0 Å². The van der Waals surface area contributed by atoms with Gasteiger partial charge in [-0.05, 0) is 29.7 Å². The van der Waals surface area contributed by atoms with Gasteiger partial charge < -0.3 is 9.80 Å². The average Bonchev–Trinajstić information content (AvgIpc) is 3.01. The Morgan fingerprint density at radius 3 is 2.33 bits per heavy atom. The van der Waals surface area contributed by atoms with E-state index in [1.807, 2.05) is 24.3 Å². The van der Waals surface area contributed by atoms with Crippen LogP contribution in [0, 0.1) is 0 Å². The molecule has 8 nitrogen and oxygen atoms in total. The highest BCUT2D eigenvalue weighted by molar-refractivity contribution is 7.91. The minimum Gasteiger partial charge on any atom is -0.323 e. The Bertz CT molecular complexity index is 1330. The summed E-state index contributed by atoms with van der Waals surface area (Å²) < 4.78 is 50.3. The summed E-state index contributed by atoms with van der Waals surface area (Å²) in [6, 6.07) is 12.5. The largest absolute Gasteiger partial charge is 0.323 e. The van der Waals surface area contributed by atoms with Crippen LogP contribution in [0.5, 0.6) is 0 Å². The maximum Gasteiger partial charge on any atom is 0.320 e. The molecule has 2 aromatic carbocycles. The molecular formula is C22H24ClN3O5S2. The lowest BCUT2D eigenvalue weighted by atomic mass is 9.87. The van der Waals surface area contributed by atoms with Gasteiger partial charge in [0.25, 0.3) is 0 Å². The predicted octanol–water partition coefficient (Wildman–Crippen LogP) is 2.31. The number of rotatable bonds is 3. The van der Waals surface area contributed by atoms with E-state index in [0.717, 1.165) is 17.4 Å². The Hall–Kier alpha value is -2.14. The van der Waals surface area contributed by atoms with Gasteiger partial charge in [-0.1, -0.05) is 41.9 Å². The molecule has 0 aliphatic carbocycles. The topological polar surface area (TPSA) is 104 Å². The molecule has 2 aromatic rings. The second kappa shape index (κ2) is 7.69. The molecule has 1 N–H and O–H groups in total. The first-order valence-electron chi connectivity index (χ1n) is 10.6. The lowest BCUT2D eigenvalue weighted by molar-refractivity contribution is 0.0484. The average molecular weight is 510 g/mol. The number of carbonyl (C=O) groups is 1. The Morgan fingerprint density at radius 2 is 1.76 bits per heavy atom. The van der Waals surface area contributed by atoms with Gasteiger partial charge in [-0.2, -0.15) is 0 Å². The Kier molecular flexibility index (Phi) is 5.28. The van der Waals surface area contributed by atoms with E-state index in [1.165, 1.54) is 6.07 Å². The second-order valence-corrected chi connectivity index (χ2v) is 13.5. The molecule has 3 heterocycles. The number of nitrogens with zero attached hydrogens (tertiary/aromatic N) is 2. The van der Waals surface area contributed by atoms with Gasteiger partial charge in [-0.25, -0.2) is 26.4 Å². The van der Waals surface area contributed by atoms with Crippen LogP contribution in [0.25, 0.3) is 11.1 Å². The smallest absolute Gasteiger partial charge is 0.320 e. The fraction of sp³-hybridized carbons (Fsp3) is 0.409. The number of urea groups is 1. The second-order valence-electron chi connectivity index (χ2n) is 9.23. The van der Waals surface area contributed by atoms with E-state index in [4.69, 9.17) is 11.6 Å². The summed E-state index contributed by atoms with van der Waals surface area (Å²) >= 11 is 6.00. The molecule has 33 heavy (non-hydrogen) atoms. The van der Waals surface area contributed by atoms with Crippen molar-refractivity contribution in [1.29, 1.82) is 0 Å². The van der Waals surface area contributed by atoms with Crippen LogP contribution >= 0.6 is 11.6 Å². The number of hydrogen-bond acceptors (Lipinski definition) is 5. The summed E-state index contributed by atoms with van der Waals surface area (Å²) in [6.45, 7) is 2.04. The van der Waals surface area contributed by atoms with Gasteiger partial charge in [-0.15, -0.1) is 0 Å². The zero-order chi connectivity index (χ0) is 23.6. The van der Waals surface area contributed by atoms with E-state index in [9.17, 15) is 21.6 Å². The lowest BCUT2D eigenvalue weighted by Gasteiger charge is -2.51. The minimum atomic E-state index is -3.43. The Balaban J connectivity index is 1.21. The first-order valence-corrected chi connectivity index (χ1v) is 14.5. The summed E-state index contributed by atoms with van der Waals surface area (Å²) in [6.07, 6.45) is 1.71. The van der Waals surface area contributed by atoms with E-state index in [1.54, 1.807) is 21.9 Å². The molecule has 3 fully saturated rings. The molecule has 0 atom stereocenters. The number of likely N-dealkylation sites (tertiary alicyclic amines) is 2. The molecule has 0 saturated carbocycles. The number of sulfonamides is 1. The van der Waals surface area contributed by atoms with E-state index < -0.39 is 25.4 Å². The first-order chi connectivity index (χ1) is 15.4. The van der Waals surface area contributed by atoms with Crippen molar-refractivity contribution in [2.45, 2.75) is 22.8 Å². The van der Waals surface area contributed by atoms with Gasteiger partial charge in [0.1, 0.15) is 0 Å². The third kappa shape index (κ3) is 4.25. The van der Waals surface area contributed by atoms with E-state index >= 15 is 0 Å². The Morgan fingerprint density at radius 1 is 1.09 bits per heavy atom. The van der Waals surface area contributed by atoms with E-state index in [2.05, 4.69) is 4.72 Å². The Labute approximate surface area is 198 Å². The van der Waals surface area contributed by atoms with Gasteiger partial charge in [0, 0.05) is 48.9 Å². The van der Waals surface area contributed by atoms with Crippen molar-refractivity contribution >= 4 is 37.5 Å². The molecule has 0 aromatic heterocycles. The van der Waals surface area contributed by atoms with Crippen LogP contribution < -0.4 is 4.72 Å². The van der Waals surface area contributed by atoms with E-state index in [-0.39, 0.29) is 22.6 Å². The number of nitrogens with one attached hydrogen (secondary N) is 1. The van der Waals surface area contributed by atoms with Crippen LogP contribution in [0.15, 0.2) is 47.4 Å². The molecule has 1 spiro atoms. The van der Waals surface area contributed by atoms with Crippen molar-refractivity contribution in [3.8, 4) is 11.1 Å². The molecule has 0 unspecified atom stereocenters. The van der Waals surface area contributed by atoms with Crippen molar-refractivity contribution in [2.24, 2.45) is 0 Å². The van der Waals surface area contributed by atoms with Crippen molar-refractivity contribution < 1.29 is 21.6 Å². The SMILES string of the molecule is CS(=O)(=O)c1cc(Cl)ccc1-c1ccc(C2CN(C(=O)N3CC4(CCS(=O)(=O)N4)C3)C2)cc1. The van der Waals surface area contributed by atoms with Crippen LogP contribution in [-0.4, -0.2) is 76.4 Å². The number of carbonyl (C=O) groups excluding carboxylic acids is 1. The van der Waals surface area contributed by atoms with Crippen LogP contribution in [0.3, 0.4) is 0 Å². The van der Waals surface area contributed by atoms with Crippen LogP contribution in [0.2, 0.25) is 5.02 Å². The van der Waals surface area contributed by atoms with Gasteiger partial charge in [0.05, 0.1) is 16.2 Å². The first kappa shape index (κ1) is 22.6. The number of hydrogen-bond donors (Lipinski definition) is 1. The molecular weight excluding hydrogens is 486 g/mol. The summed E-state index contributed by atoms with van der Waals surface area (Å²) in [4.78, 5) is 16.4. The normalized spacial score (nSPS) is 21.6. The maximum absolute atomic E-state index is 12.7. The molecule has 3 saturated heterocycles. The lowest BCUT2D eigenvalue weighted by Crippen LogP contribution is -2.71. The van der Waals surface area contributed by atoms with Crippen molar-refractivity contribution in [1.82, 2.24) is 14.5 Å². The summed E-state index contributed by atoms with van der Waals surface area (Å²) in [5, 5.41) is 0.369. The molecule has 5 rings (SSSR count). The fourth-order valence-electron chi connectivity index (χ4n) is 4.83. The zero-order valence-corrected chi connectivity index (χ0v) is 20.4. The highest BCUT2D eigenvalue weighted by Gasteiger charge is 2.53. The number of amides is 2. The van der Waals surface area contributed by atoms with Gasteiger partial charge in [-0.3, -0.25) is 0 Å². The third-order valence-electron chi connectivity index (χ3n) is 6.67. The van der Waals surface area contributed by atoms with Crippen LogP contribution in [-0.2, 0) is 19.9 Å². The zero-order valence-electron chi connectivity index (χ0n) is 18.0. The monoisotopic (exact) mass is 509 g/mol. The standard InChI is InChI=1S/C22H24ClN3O5S2/c1-32(28,29)20-10-18(23)6-7-19(20)16-4-2-15(3-5-16)17-11-25(12-17)21(27)26-13-22(14-26)8-9-33(30,31)24-22/h2-7,10,17,24H,8-9,11-14H2,1H3. The highest BCUT2D eigenvalue weighted by atomic mass is 35.5. The quantitative estimate of drug-likeness (QED) is 0.683. The molecule has 11 heteroatoms. The molecule has 0 bridgehead atoms. The van der Waals surface area contributed by atoms with Gasteiger partial charge >= 0.3 is 6.03 Å². The maximum atomic E-state index is 12.7. The van der Waals surface area contributed by atoms with Gasteiger partial charge in [0.15, 0.2) is 9.84 Å². The highest BCUT2D eigenvalue weighted by Crippen LogP contribution is 2.36. The van der Waals surface area contributed by atoms with Crippen LogP contribution in [0.4, 0.5) is 4.79 Å². The number of halogens is 1. The van der Waals surface area contributed by atoms with Crippen LogP contribution in [0.1, 0.15) is 17.9 Å². The number of sulfone groups is 1. The minimum absolute atomic E-state index is 0.0569. The van der Waals surface area contributed by atoms with E-state index in [0.29, 0.717) is 43.2 Å².